The van der Waals surface area contributed by atoms with Crippen molar-refractivity contribution in [3.05, 3.63) is 34.9 Å². The predicted octanol–water partition coefficient (Wildman–Crippen LogP) is 3.36. The summed E-state index contributed by atoms with van der Waals surface area (Å²) >= 11 is 5.83. The monoisotopic (exact) mass is 210 g/mol. The Bertz CT molecular complexity index is 286. The van der Waals surface area contributed by atoms with Crippen LogP contribution in [0, 0.1) is 0 Å². The van der Waals surface area contributed by atoms with Crippen LogP contribution in [0.25, 0.3) is 0 Å². The highest BCUT2D eigenvalue weighted by molar-refractivity contribution is 6.30. The highest BCUT2D eigenvalue weighted by Crippen LogP contribution is 2.33. The summed E-state index contributed by atoms with van der Waals surface area (Å²) in [6, 6.07) is 8.10. The van der Waals surface area contributed by atoms with E-state index in [9.17, 15) is 5.11 Å². The molecule has 0 saturated heterocycles. The van der Waals surface area contributed by atoms with Crippen molar-refractivity contribution < 1.29 is 5.11 Å². The fraction of sp³-hybridized carbons (Fsp3) is 0.500. The normalized spacial score (nSPS) is 27.6. The molecule has 1 N–H and O–H groups in total. The Kier molecular flexibility index (Phi) is 3.09. The molecule has 0 atom stereocenters. The van der Waals surface area contributed by atoms with E-state index in [-0.39, 0.29) is 6.10 Å². The van der Waals surface area contributed by atoms with Crippen molar-refractivity contribution in [2.24, 2.45) is 0 Å². The fourth-order valence-electron chi connectivity index (χ4n) is 2.14. The molecule has 1 aliphatic rings. The van der Waals surface area contributed by atoms with E-state index in [1.807, 2.05) is 12.1 Å². The van der Waals surface area contributed by atoms with Gasteiger partial charge in [0.2, 0.25) is 0 Å². The molecule has 0 spiro atoms. The smallest absolute Gasteiger partial charge is 0.0540 e. The van der Waals surface area contributed by atoms with Gasteiger partial charge in [-0.2, -0.15) is 0 Å². The molecule has 1 aromatic carbocycles. The van der Waals surface area contributed by atoms with Crippen LogP contribution in [0.15, 0.2) is 24.3 Å². The summed E-state index contributed by atoms with van der Waals surface area (Å²) in [6.45, 7) is 0. The number of halogens is 1. The molecular weight excluding hydrogens is 196 g/mol. The minimum Gasteiger partial charge on any atom is -0.393 e. The van der Waals surface area contributed by atoms with Crippen molar-refractivity contribution in [3.63, 3.8) is 0 Å². The van der Waals surface area contributed by atoms with E-state index >= 15 is 0 Å². The van der Waals surface area contributed by atoms with Gasteiger partial charge in [-0.3, -0.25) is 0 Å². The number of aliphatic hydroxyl groups excluding tert-OH is 1. The van der Waals surface area contributed by atoms with Gasteiger partial charge in [0, 0.05) is 5.02 Å². The zero-order valence-corrected chi connectivity index (χ0v) is 8.87. The molecule has 1 saturated carbocycles. The Balaban J connectivity index is 2.05. The zero-order chi connectivity index (χ0) is 9.97. The molecule has 1 nitrogen and oxygen atoms in total. The number of hydrogen-bond acceptors (Lipinski definition) is 1. The van der Waals surface area contributed by atoms with Gasteiger partial charge in [-0.05, 0) is 49.3 Å². The molecule has 76 valence electrons. The molecule has 0 aliphatic heterocycles. The molecule has 0 radical (unpaired) electrons. The first-order valence-corrected chi connectivity index (χ1v) is 5.57. The first-order valence-electron chi connectivity index (χ1n) is 5.19. The molecule has 14 heavy (non-hydrogen) atoms. The summed E-state index contributed by atoms with van der Waals surface area (Å²) in [5.74, 6) is 0.621. The first kappa shape index (κ1) is 10.0. The van der Waals surface area contributed by atoms with E-state index in [0.29, 0.717) is 5.92 Å². The Morgan fingerprint density at radius 3 is 2.14 bits per heavy atom. The van der Waals surface area contributed by atoms with Crippen LogP contribution in [0.5, 0.6) is 0 Å². The van der Waals surface area contributed by atoms with E-state index in [1.165, 1.54) is 5.56 Å². The third-order valence-corrected chi connectivity index (χ3v) is 3.29. The number of aliphatic hydroxyl groups is 1. The molecule has 2 rings (SSSR count). The summed E-state index contributed by atoms with van der Waals surface area (Å²) in [4.78, 5) is 0. The van der Waals surface area contributed by atoms with Gasteiger partial charge >= 0.3 is 0 Å². The molecule has 0 amide bonds. The van der Waals surface area contributed by atoms with Crippen LogP contribution >= 0.6 is 11.6 Å². The van der Waals surface area contributed by atoms with Crippen LogP contribution in [-0.4, -0.2) is 11.2 Å². The van der Waals surface area contributed by atoms with Crippen LogP contribution in [0.4, 0.5) is 0 Å². The van der Waals surface area contributed by atoms with Crippen molar-refractivity contribution in [1.29, 1.82) is 0 Å². The lowest BCUT2D eigenvalue weighted by atomic mass is 9.83. The van der Waals surface area contributed by atoms with Gasteiger partial charge < -0.3 is 5.11 Å². The van der Waals surface area contributed by atoms with E-state index in [2.05, 4.69) is 12.1 Å². The minimum absolute atomic E-state index is 0.0708. The number of benzene rings is 1. The van der Waals surface area contributed by atoms with Gasteiger partial charge in [-0.15, -0.1) is 0 Å². The SMILES string of the molecule is OC1CCC(c2ccc(Cl)cc2)CC1. The average molecular weight is 211 g/mol. The fourth-order valence-corrected chi connectivity index (χ4v) is 2.27. The second-order valence-corrected chi connectivity index (χ2v) is 4.49. The summed E-state index contributed by atoms with van der Waals surface area (Å²) < 4.78 is 0. The minimum atomic E-state index is -0.0708. The van der Waals surface area contributed by atoms with Crippen molar-refractivity contribution in [2.75, 3.05) is 0 Å². The van der Waals surface area contributed by atoms with Crippen molar-refractivity contribution in [2.45, 2.75) is 37.7 Å². The van der Waals surface area contributed by atoms with Gasteiger partial charge in [-0.1, -0.05) is 23.7 Å². The topological polar surface area (TPSA) is 20.2 Å². The highest BCUT2D eigenvalue weighted by Gasteiger charge is 2.20. The Morgan fingerprint density at radius 1 is 1.00 bits per heavy atom. The van der Waals surface area contributed by atoms with E-state index in [4.69, 9.17) is 11.6 Å². The molecule has 1 fully saturated rings. The molecule has 0 unspecified atom stereocenters. The van der Waals surface area contributed by atoms with Gasteiger partial charge in [-0.25, -0.2) is 0 Å². The largest absolute Gasteiger partial charge is 0.393 e. The van der Waals surface area contributed by atoms with E-state index in [1.54, 1.807) is 0 Å². The van der Waals surface area contributed by atoms with Crippen molar-refractivity contribution in [1.82, 2.24) is 0 Å². The van der Waals surface area contributed by atoms with Gasteiger partial charge in [0.05, 0.1) is 6.10 Å². The van der Waals surface area contributed by atoms with Gasteiger partial charge in [0.1, 0.15) is 0 Å². The maximum atomic E-state index is 9.40. The van der Waals surface area contributed by atoms with Crippen LogP contribution in [-0.2, 0) is 0 Å². The predicted molar refractivity (Wildman–Crippen MR) is 58.7 cm³/mol. The van der Waals surface area contributed by atoms with Gasteiger partial charge in [0.15, 0.2) is 0 Å². The average Bonchev–Trinajstić information content (AvgIpc) is 2.21. The Labute approximate surface area is 89.7 Å². The van der Waals surface area contributed by atoms with E-state index in [0.717, 1.165) is 30.7 Å². The van der Waals surface area contributed by atoms with Crippen LogP contribution in [0.3, 0.4) is 0 Å². The standard InChI is InChI=1S/C12H15ClO/c13-11-5-1-9(2-6-11)10-3-7-12(14)8-4-10/h1-2,5-6,10,12,14H,3-4,7-8H2. The van der Waals surface area contributed by atoms with Crippen LogP contribution in [0.1, 0.15) is 37.2 Å². The summed E-state index contributed by atoms with van der Waals surface area (Å²) in [7, 11) is 0. The molecule has 2 heteroatoms. The van der Waals surface area contributed by atoms with Crippen LogP contribution < -0.4 is 0 Å². The molecule has 0 heterocycles. The molecule has 1 aliphatic carbocycles. The van der Waals surface area contributed by atoms with Crippen molar-refractivity contribution in [3.8, 4) is 0 Å². The maximum Gasteiger partial charge on any atom is 0.0540 e. The lowest BCUT2D eigenvalue weighted by Gasteiger charge is -2.25. The van der Waals surface area contributed by atoms with Gasteiger partial charge in [0.25, 0.3) is 0 Å². The first-order chi connectivity index (χ1) is 6.75. The van der Waals surface area contributed by atoms with Crippen LogP contribution in [0.2, 0.25) is 5.02 Å². The third kappa shape index (κ3) is 2.28. The second kappa shape index (κ2) is 4.33. The molecule has 1 aromatic rings. The molecule has 0 bridgehead atoms. The van der Waals surface area contributed by atoms with E-state index < -0.39 is 0 Å². The second-order valence-electron chi connectivity index (χ2n) is 4.06. The van der Waals surface area contributed by atoms with Crippen molar-refractivity contribution >= 4 is 11.6 Å². The zero-order valence-electron chi connectivity index (χ0n) is 8.12. The Morgan fingerprint density at radius 2 is 1.57 bits per heavy atom. The number of rotatable bonds is 1. The molecule has 0 aromatic heterocycles. The highest BCUT2D eigenvalue weighted by atomic mass is 35.5. The summed E-state index contributed by atoms with van der Waals surface area (Å²) in [6.07, 6.45) is 4.00. The Hall–Kier alpha value is -0.530. The quantitative estimate of drug-likeness (QED) is 0.754. The lowest BCUT2D eigenvalue weighted by Crippen LogP contribution is -2.16. The summed E-state index contributed by atoms with van der Waals surface area (Å²) in [5, 5.41) is 10.2. The maximum absolute atomic E-state index is 9.40. The lowest BCUT2D eigenvalue weighted by molar-refractivity contribution is 0.122. The third-order valence-electron chi connectivity index (χ3n) is 3.04. The number of hydrogen-bond donors (Lipinski definition) is 1. The summed E-state index contributed by atoms with van der Waals surface area (Å²) in [5.41, 5.74) is 1.36. The molecular formula is C12H15ClO.